The van der Waals surface area contributed by atoms with E-state index in [9.17, 15) is 18.0 Å². The third-order valence-corrected chi connectivity index (χ3v) is 4.59. The number of nitrogens with one attached hydrogen (secondary N) is 1. The molecule has 2 aromatic carbocycles. The average molecular weight is 420 g/mol. The van der Waals surface area contributed by atoms with Crippen LogP contribution in [0.3, 0.4) is 0 Å². The first-order chi connectivity index (χ1) is 13.7. The maximum atomic E-state index is 13.0. The number of halogens is 4. The minimum Gasteiger partial charge on any atom is -0.318 e. The molecule has 0 aliphatic carbocycles. The van der Waals surface area contributed by atoms with Gasteiger partial charge in [0.05, 0.1) is 11.8 Å². The normalized spacial score (nSPS) is 11.8. The van der Waals surface area contributed by atoms with E-state index in [0.717, 1.165) is 17.8 Å². The van der Waals surface area contributed by atoms with Crippen molar-refractivity contribution in [2.24, 2.45) is 5.10 Å². The van der Waals surface area contributed by atoms with Crippen LogP contribution in [-0.4, -0.2) is 16.7 Å². The second kappa shape index (κ2) is 8.13. The number of hydrazone groups is 1. The van der Waals surface area contributed by atoms with E-state index in [1.54, 1.807) is 48.7 Å². The zero-order chi connectivity index (χ0) is 21.2. The third-order valence-electron chi connectivity index (χ3n) is 4.36. The summed E-state index contributed by atoms with van der Waals surface area (Å²) in [6.07, 6.45) is -2.96. The van der Waals surface area contributed by atoms with E-state index in [2.05, 4.69) is 10.5 Å². The maximum absolute atomic E-state index is 13.0. The SMILES string of the molecule is Cc1cc(C=NNC(=O)c2cccc(Cl)c2)c(C)n1-c1cccc(C(F)(F)F)c1. The Morgan fingerprint density at radius 1 is 1.10 bits per heavy atom. The van der Waals surface area contributed by atoms with Gasteiger partial charge in [-0.3, -0.25) is 4.79 Å². The minimum absolute atomic E-state index is 0.365. The Morgan fingerprint density at radius 2 is 1.83 bits per heavy atom. The lowest BCUT2D eigenvalue weighted by Crippen LogP contribution is -2.17. The standard InChI is InChI=1S/C21H17ClF3N3O/c1-13-9-16(12-26-27-20(29)15-5-3-7-18(22)10-15)14(2)28(13)19-8-4-6-17(11-19)21(23,24)25/h3-12H,1-2H3,(H,27,29). The molecule has 1 heterocycles. The molecule has 0 aliphatic heterocycles. The van der Waals surface area contributed by atoms with Crippen LogP contribution in [0.25, 0.3) is 5.69 Å². The molecule has 3 rings (SSSR count). The molecule has 3 aromatic rings. The first-order valence-electron chi connectivity index (χ1n) is 8.62. The summed E-state index contributed by atoms with van der Waals surface area (Å²) in [7, 11) is 0. The molecule has 0 atom stereocenters. The first-order valence-corrected chi connectivity index (χ1v) is 9.00. The van der Waals surface area contributed by atoms with Gasteiger partial charge in [-0.25, -0.2) is 5.43 Å². The monoisotopic (exact) mass is 419 g/mol. The number of carbonyl (C=O) groups is 1. The highest BCUT2D eigenvalue weighted by Gasteiger charge is 2.30. The van der Waals surface area contributed by atoms with Gasteiger partial charge in [-0.2, -0.15) is 18.3 Å². The summed E-state index contributed by atoms with van der Waals surface area (Å²) in [6, 6.07) is 13.3. The van der Waals surface area contributed by atoms with Gasteiger partial charge in [0.15, 0.2) is 0 Å². The number of rotatable bonds is 4. The number of hydrogen-bond donors (Lipinski definition) is 1. The molecular weight excluding hydrogens is 403 g/mol. The quantitative estimate of drug-likeness (QED) is 0.438. The first kappa shape index (κ1) is 20.7. The Kier molecular flexibility index (Phi) is 5.79. The lowest BCUT2D eigenvalue weighted by atomic mass is 10.2. The molecule has 0 fully saturated rings. The molecule has 0 spiro atoms. The summed E-state index contributed by atoms with van der Waals surface area (Å²) in [4.78, 5) is 12.1. The van der Waals surface area contributed by atoms with E-state index in [1.165, 1.54) is 18.3 Å². The lowest BCUT2D eigenvalue weighted by Gasteiger charge is -2.13. The van der Waals surface area contributed by atoms with Gasteiger partial charge in [0.1, 0.15) is 0 Å². The molecule has 0 aliphatic rings. The van der Waals surface area contributed by atoms with Gasteiger partial charge in [-0.05, 0) is 56.3 Å². The summed E-state index contributed by atoms with van der Waals surface area (Å²) >= 11 is 5.87. The molecule has 0 radical (unpaired) electrons. The van der Waals surface area contributed by atoms with Crippen LogP contribution in [0.4, 0.5) is 13.2 Å². The second-order valence-electron chi connectivity index (χ2n) is 6.42. The number of nitrogens with zero attached hydrogens (tertiary/aromatic N) is 2. The molecule has 150 valence electrons. The van der Waals surface area contributed by atoms with Crippen molar-refractivity contribution in [2.75, 3.05) is 0 Å². The van der Waals surface area contributed by atoms with Crippen LogP contribution in [0, 0.1) is 13.8 Å². The molecule has 4 nitrogen and oxygen atoms in total. The van der Waals surface area contributed by atoms with Gasteiger partial charge in [-0.1, -0.05) is 23.7 Å². The molecule has 1 N–H and O–H groups in total. The molecular formula is C21H17ClF3N3O. The van der Waals surface area contributed by atoms with Crippen molar-refractivity contribution in [2.45, 2.75) is 20.0 Å². The molecule has 1 aromatic heterocycles. The molecule has 1 amide bonds. The number of amides is 1. The Balaban J connectivity index is 1.83. The van der Waals surface area contributed by atoms with Gasteiger partial charge in [0.2, 0.25) is 0 Å². The molecule has 0 bridgehead atoms. The van der Waals surface area contributed by atoms with Crippen LogP contribution in [0.1, 0.15) is 32.9 Å². The van der Waals surface area contributed by atoms with E-state index < -0.39 is 17.6 Å². The van der Waals surface area contributed by atoms with Crippen molar-refractivity contribution in [3.8, 4) is 5.69 Å². The van der Waals surface area contributed by atoms with Crippen molar-refractivity contribution in [3.05, 3.63) is 87.7 Å². The predicted octanol–water partition coefficient (Wildman–Crippen LogP) is 5.53. The molecule has 0 saturated heterocycles. The Hall–Kier alpha value is -3.06. The third kappa shape index (κ3) is 4.68. The van der Waals surface area contributed by atoms with Crippen LogP contribution < -0.4 is 5.43 Å². The van der Waals surface area contributed by atoms with Crippen molar-refractivity contribution >= 4 is 23.7 Å². The number of aromatic nitrogens is 1. The number of alkyl halides is 3. The maximum Gasteiger partial charge on any atom is 0.416 e. The van der Waals surface area contributed by atoms with Crippen LogP contribution in [0.15, 0.2) is 59.7 Å². The fourth-order valence-electron chi connectivity index (χ4n) is 2.99. The van der Waals surface area contributed by atoms with Crippen molar-refractivity contribution in [1.82, 2.24) is 9.99 Å². The van der Waals surface area contributed by atoms with Crippen LogP contribution >= 0.6 is 11.6 Å². The zero-order valence-corrected chi connectivity index (χ0v) is 16.3. The van der Waals surface area contributed by atoms with E-state index in [4.69, 9.17) is 11.6 Å². The number of carbonyl (C=O) groups excluding carboxylic acids is 1. The zero-order valence-electron chi connectivity index (χ0n) is 15.6. The average Bonchev–Trinajstić information content (AvgIpc) is 2.94. The van der Waals surface area contributed by atoms with Crippen LogP contribution in [0.5, 0.6) is 0 Å². The number of hydrogen-bond acceptors (Lipinski definition) is 2. The van der Waals surface area contributed by atoms with Gasteiger partial charge >= 0.3 is 6.18 Å². The minimum atomic E-state index is -4.42. The highest BCUT2D eigenvalue weighted by atomic mass is 35.5. The van der Waals surface area contributed by atoms with Gasteiger partial charge in [-0.15, -0.1) is 0 Å². The van der Waals surface area contributed by atoms with Gasteiger partial charge in [0, 0.05) is 33.2 Å². The predicted molar refractivity (Wildman–Crippen MR) is 107 cm³/mol. The molecule has 29 heavy (non-hydrogen) atoms. The van der Waals surface area contributed by atoms with Gasteiger partial charge < -0.3 is 4.57 Å². The van der Waals surface area contributed by atoms with E-state index in [0.29, 0.717) is 27.5 Å². The van der Waals surface area contributed by atoms with E-state index in [1.807, 2.05) is 0 Å². The largest absolute Gasteiger partial charge is 0.416 e. The second-order valence-corrected chi connectivity index (χ2v) is 6.86. The summed E-state index contributed by atoms with van der Waals surface area (Å²) in [5, 5.41) is 4.39. The van der Waals surface area contributed by atoms with Gasteiger partial charge in [0.25, 0.3) is 5.91 Å². The molecule has 8 heteroatoms. The highest BCUT2D eigenvalue weighted by molar-refractivity contribution is 6.30. The summed E-state index contributed by atoms with van der Waals surface area (Å²) in [5.41, 5.74) is 4.57. The summed E-state index contributed by atoms with van der Waals surface area (Å²) in [5.74, 6) is -0.421. The van der Waals surface area contributed by atoms with E-state index in [-0.39, 0.29) is 0 Å². The van der Waals surface area contributed by atoms with Crippen LogP contribution in [0.2, 0.25) is 5.02 Å². The molecule has 0 saturated carbocycles. The number of benzene rings is 2. The Bertz CT molecular complexity index is 1090. The Labute approximate surface area is 170 Å². The highest BCUT2D eigenvalue weighted by Crippen LogP contribution is 2.31. The number of aryl methyl sites for hydroxylation is 1. The lowest BCUT2D eigenvalue weighted by molar-refractivity contribution is -0.137. The fraction of sp³-hybridized carbons (Fsp3) is 0.143. The van der Waals surface area contributed by atoms with Crippen molar-refractivity contribution in [1.29, 1.82) is 0 Å². The summed E-state index contributed by atoms with van der Waals surface area (Å²) < 4.78 is 40.8. The smallest absolute Gasteiger partial charge is 0.318 e. The molecule has 0 unspecified atom stereocenters. The van der Waals surface area contributed by atoms with Crippen molar-refractivity contribution < 1.29 is 18.0 Å². The van der Waals surface area contributed by atoms with E-state index >= 15 is 0 Å². The Morgan fingerprint density at radius 3 is 2.52 bits per heavy atom. The summed E-state index contributed by atoms with van der Waals surface area (Å²) in [6.45, 7) is 3.56. The van der Waals surface area contributed by atoms with Crippen LogP contribution in [-0.2, 0) is 6.18 Å². The topological polar surface area (TPSA) is 46.4 Å². The fourth-order valence-corrected chi connectivity index (χ4v) is 3.18. The van der Waals surface area contributed by atoms with Crippen molar-refractivity contribution in [3.63, 3.8) is 0 Å².